The lowest BCUT2D eigenvalue weighted by Gasteiger charge is -2.36. The van der Waals surface area contributed by atoms with Gasteiger partial charge in [-0.1, -0.05) is 13.3 Å². The number of hydrogen-bond acceptors (Lipinski definition) is 7. The van der Waals surface area contributed by atoms with Crippen molar-refractivity contribution in [2.75, 3.05) is 31.1 Å². The molecule has 2 aromatic rings. The van der Waals surface area contributed by atoms with Crippen LogP contribution in [0.1, 0.15) is 41.6 Å². The quantitative estimate of drug-likeness (QED) is 0.803. The van der Waals surface area contributed by atoms with Gasteiger partial charge >= 0.3 is 0 Å². The second-order valence-electron chi connectivity index (χ2n) is 7.13. The second kappa shape index (κ2) is 8.63. The van der Waals surface area contributed by atoms with E-state index in [1.807, 2.05) is 13.1 Å². The first kappa shape index (κ1) is 19.5. The zero-order valence-electron chi connectivity index (χ0n) is 16.4. The zero-order valence-corrected chi connectivity index (χ0v) is 16.4. The van der Waals surface area contributed by atoms with E-state index in [4.69, 9.17) is 4.98 Å². The van der Waals surface area contributed by atoms with Gasteiger partial charge in [-0.05, 0) is 20.3 Å². The molecule has 3 heterocycles. The summed E-state index contributed by atoms with van der Waals surface area (Å²) in [4.78, 5) is 17.8. The van der Waals surface area contributed by atoms with E-state index in [0.29, 0.717) is 17.8 Å². The third-order valence-corrected chi connectivity index (χ3v) is 5.14. The molecule has 7 heteroatoms. The molecular formula is C20H29N5O2. The number of aryl methyl sites for hydroxylation is 3. The van der Waals surface area contributed by atoms with Gasteiger partial charge in [0, 0.05) is 61.8 Å². The number of aliphatic hydroxyl groups excluding tert-OH is 1. The summed E-state index contributed by atoms with van der Waals surface area (Å²) in [6.45, 7) is 9.90. The van der Waals surface area contributed by atoms with Gasteiger partial charge in [-0.2, -0.15) is 0 Å². The normalized spacial score (nSPS) is 15.3. The first-order chi connectivity index (χ1) is 13.0. The molecule has 0 aliphatic carbocycles. The summed E-state index contributed by atoms with van der Waals surface area (Å²) in [6.07, 6.45) is 5.67. The van der Waals surface area contributed by atoms with E-state index in [1.165, 1.54) is 5.56 Å². The molecule has 146 valence electrons. The Labute approximate surface area is 160 Å². The monoisotopic (exact) mass is 371 g/mol. The Morgan fingerprint density at radius 1 is 1.04 bits per heavy atom. The molecule has 2 aromatic heterocycles. The standard InChI is InChI=1S/C20H29N5O2/c1-4-5-16-10-22-15(3)23-20(16)25-8-6-24(7-9-25)12-18-17(13-26)11-21-14(2)19(18)27/h10-11,26-27H,4-9,12-13H2,1-3H3. The molecule has 0 aromatic carbocycles. The zero-order chi connectivity index (χ0) is 19.4. The second-order valence-corrected chi connectivity index (χ2v) is 7.13. The summed E-state index contributed by atoms with van der Waals surface area (Å²) in [5.41, 5.74) is 3.28. The SMILES string of the molecule is CCCc1cnc(C)nc1N1CCN(Cc2c(CO)cnc(C)c2O)CC1. The van der Waals surface area contributed by atoms with E-state index in [0.717, 1.165) is 56.2 Å². The number of pyridine rings is 1. The van der Waals surface area contributed by atoms with E-state index < -0.39 is 0 Å². The van der Waals surface area contributed by atoms with E-state index in [2.05, 4.69) is 26.7 Å². The lowest BCUT2D eigenvalue weighted by molar-refractivity contribution is 0.238. The molecule has 0 bridgehead atoms. The topological polar surface area (TPSA) is 85.6 Å². The number of aromatic nitrogens is 3. The fourth-order valence-electron chi connectivity index (χ4n) is 3.54. The maximum Gasteiger partial charge on any atom is 0.141 e. The average molecular weight is 371 g/mol. The smallest absolute Gasteiger partial charge is 0.141 e. The highest BCUT2D eigenvalue weighted by molar-refractivity contribution is 5.47. The van der Waals surface area contributed by atoms with Gasteiger partial charge in [-0.3, -0.25) is 9.88 Å². The van der Waals surface area contributed by atoms with Crippen LogP contribution in [0.15, 0.2) is 12.4 Å². The van der Waals surface area contributed by atoms with Crippen LogP contribution in [0, 0.1) is 13.8 Å². The van der Waals surface area contributed by atoms with Crippen LogP contribution in [-0.4, -0.2) is 56.2 Å². The summed E-state index contributed by atoms with van der Waals surface area (Å²) in [6, 6.07) is 0. The van der Waals surface area contributed by atoms with Crippen molar-refractivity contribution in [3.63, 3.8) is 0 Å². The molecule has 27 heavy (non-hydrogen) atoms. The first-order valence-corrected chi connectivity index (χ1v) is 9.60. The Kier molecular flexibility index (Phi) is 6.23. The van der Waals surface area contributed by atoms with Crippen LogP contribution in [0.5, 0.6) is 5.75 Å². The molecule has 0 amide bonds. The van der Waals surface area contributed by atoms with Crippen molar-refractivity contribution < 1.29 is 10.2 Å². The van der Waals surface area contributed by atoms with Crippen molar-refractivity contribution in [2.24, 2.45) is 0 Å². The summed E-state index contributed by atoms with van der Waals surface area (Å²) < 4.78 is 0. The molecule has 1 aliphatic heterocycles. The molecule has 0 atom stereocenters. The van der Waals surface area contributed by atoms with Gasteiger partial charge in [0.25, 0.3) is 0 Å². The van der Waals surface area contributed by atoms with E-state index in [1.54, 1.807) is 13.1 Å². The largest absolute Gasteiger partial charge is 0.506 e. The molecule has 0 radical (unpaired) electrons. The maximum atomic E-state index is 10.4. The summed E-state index contributed by atoms with van der Waals surface area (Å²) in [5, 5.41) is 19.9. The number of anilines is 1. The highest BCUT2D eigenvalue weighted by atomic mass is 16.3. The van der Waals surface area contributed by atoms with Gasteiger partial charge < -0.3 is 15.1 Å². The molecule has 1 aliphatic rings. The van der Waals surface area contributed by atoms with Crippen LogP contribution in [0.4, 0.5) is 5.82 Å². The van der Waals surface area contributed by atoms with Crippen LogP contribution >= 0.6 is 0 Å². The maximum absolute atomic E-state index is 10.4. The highest BCUT2D eigenvalue weighted by Crippen LogP contribution is 2.27. The minimum atomic E-state index is -0.114. The Morgan fingerprint density at radius 2 is 1.74 bits per heavy atom. The third-order valence-electron chi connectivity index (χ3n) is 5.14. The van der Waals surface area contributed by atoms with E-state index in [-0.39, 0.29) is 12.4 Å². The lowest BCUT2D eigenvalue weighted by atomic mass is 10.1. The van der Waals surface area contributed by atoms with Gasteiger partial charge in [0.2, 0.25) is 0 Å². The first-order valence-electron chi connectivity index (χ1n) is 9.60. The Morgan fingerprint density at radius 3 is 2.41 bits per heavy atom. The molecular weight excluding hydrogens is 342 g/mol. The van der Waals surface area contributed by atoms with Crippen molar-refractivity contribution in [1.29, 1.82) is 0 Å². The van der Waals surface area contributed by atoms with Gasteiger partial charge in [-0.25, -0.2) is 9.97 Å². The number of aliphatic hydroxyl groups is 1. The van der Waals surface area contributed by atoms with Crippen LogP contribution in [-0.2, 0) is 19.6 Å². The molecule has 1 fully saturated rings. The Bertz CT molecular complexity index is 788. The fraction of sp³-hybridized carbons (Fsp3) is 0.550. The van der Waals surface area contributed by atoms with Gasteiger partial charge in [0.05, 0.1) is 12.3 Å². The van der Waals surface area contributed by atoms with Gasteiger partial charge in [-0.15, -0.1) is 0 Å². The van der Waals surface area contributed by atoms with Crippen LogP contribution in [0.3, 0.4) is 0 Å². The average Bonchev–Trinajstić information content (AvgIpc) is 2.68. The molecule has 1 saturated heterocycles. The van der Waals surface area contributed by atoms with Crippen LogP contribution < -0.4 is 4.90 Å². The van der Waals surface area contributed by atoms with Crippen molar-refractivity contribution in [2.45, 2.75) is 46.8 Å². The Hall–Kier alpha value is -2.25. The number of rotatable bonds is 6. The van der Waals surface area contributed by atoms with Gasteiger partial charge in [0.1, 0.15) is 17.4 Å². The predicted octanol–water partition coefficient (Wildman–Crippen LogP) is 1.96. The number of hydrogen-bond donors (Lipinski definition) is 2. The molecule has 7 nitrogen and oxygen atoms in total. The summed E-state index contributed by atoms with van der Waals surface area (Å²) in [7, 11) is 0. The molecule has 3 rings (SSSR count). The molecule has 0 spiro atoms. The molecule has 2 N–H and O–H groups in total. The van der Waals surface area contributed by atoms with E-state index >= 15 is 0 Å². The molecule has 0 unspecified atom stereocenters. The fourth-order valence-corrected chi connectivity index (χ4v) is 3.54. The van der Waals surface area contributed by atoms with Gasteiger partial charge in [0.15, 0.2) is 0 Å². The number of piperazine rings is 1. The summed E-state index contributed by atoms with van der Waals surface area (Å²) >= 11 is 0. The third kappa shape index (κ3) is 4.36. The Balaban J connectivity index is 1.70. The minimum absolute atomic E-state index is 0.114. The lowest BCUT2D eigenvalue weighted by Crippen LogP contribution is -2.46. The number of nitrogens with zero attached hydrogens (tertiary/aromatic N) is 5. The van der Waals surface area contributed by atoms with Crippen LogP contribution in [0.2, 0.25) is 0 Å². The van der Waals surface area contributed by atoms with Crippen molar-refractivity contribution in [3.05, 3.63) is 40.6 Å². The van der Waals surface area contributed by atoms with Crippen molar-refractivity contribution >= 4 is 5.82 Å². The summed E-state index contributed by atoms with van der Waals surface area (Å²) in [5.74, 6) is 2.06. The van der Waals surface area contributed by atoms with Crippen molar-refractivity contribution in [3.8, 4) is 5.75 Å². The van der Waals surface area contributed by atoms with Crippen molar-refractivity contribution in [1.82, 2.24) is 19.9 Å². The minimum Gasteiger partial charge on any atom is -0.506 e. The highest BCUT2D eigenvalue weighted by Gasteiger charge is 2.22. The van der Waals surface area contributed by atoms with Crippen LogP contribution in [0.25, 0.3) is 0 Å². The number of aromatic hydroxyl groups is 1. The van der Waals surface area contributed by atoms with E-state index in [9.17, 15) is 10.2 Å². The molecule has 0 saturated carbocycles. The predicted molar refractivity (Wildman–Crippen MR) is 105 cm³/mol.